The third kappa shape index (κ3) is 3.16. The number of carbonyl (C=O) groups is 1. The molecule has 2 rings (SSSR count). The van der Waals surface area contributed by atoms with Crippen molar-refractivity contribution in [1.29, 1.82) is 0 Å². The zero-order valence-corrected chi connectivity index (χ0v) is 11.4. The highest BCUT2D eigenvalue weighted by Crippen LogP contribution is 2.22. The Morgan fingerprint density at radius 2 is 1.90 bits per heavy atom. The van der Waals surface area contributed by atoms with Crippen LogP contribution in [-0.4, -0.2) is 56.5 Å². The molecule has 1 saturated heterocycles. The van der Waals surface area contributed by atoms with E-state index in [1.807, 2.05) is 0 Å². The first kappa shape index (κ1) is 14.9. The van der Waals surface area contributed by atoms with Gasteiger partial charge < -0.3 is 24.1 Å². The second-order valence-electron chi connectivity index (χ2n) is 4.44. The number of hydrogen-bond acceptors (Lipinski definition) is 6. The third-order valence-electron chi connectivity index (χ3n) is 3.16. The van der Waals surface area contributed by atoms with Crippen LogP contribution >= 0.6 is 0 Å². The van der Waals surface area contributed by atoms with Crippen LogP contribution in [0.5, 0.6) is 0 Å². The fourth-order valence-electron chi connectivity index (χ4n) is 2.12. The number of ether oxygens (including phenoxy) is 4. The summed E-state index contributed by atoms with van der Waals surface area (Å²) in [5, 5.41) is 9.94. The minimum Gasteiger partial charge on any atom is -0.453 e. The molecule has 1 aliphatic rings. The van der Waals surface area contributed by atoms with E-state index in [4.69, 9.17) is 18.9 Å². The predicted octanol–water partition coefficient (Wildman–Crippen LogP) is 0.591. The molecule has 6 nitrogen and oxygen atoms in total. The molecule has 6 heteroatoms. The molecule has 0 spiro atoms. The van der Waals surface area contributed by atoms with Crippen LogP contribution in [0.15, 0.2) is 30.3 Å². The van der Waals surface area contributed by atoms with Crippen molar-refractivity contribution >= 4 is 5.97 Å². The first-order chi connectivity index (χ1) is 9.67. The maximum atomic E-state index is 12.0. The van der Waals surface area contributed by atoms with E-state index in [2.05, 4.69) is 0 Å². The van der Waals surface area contributed by atoms with Gasteiger partial charge in [-0.25, -0.2) is 4.79 Å². The fourth-order valence-corrected chi connectivity index (χ4v) is 2.12. The Balaban J connectivity index is 2.10. The standard InChI is InChI=1S/C14H18O6/c1-17-12-11(10(15)8-19-14(12)18-2)20-13(16)9-6-4-3-5-7-9/h3-7,10-12,14-15H,8H2,1-2H3/t10-,11+,12-,14+/m1/s1. The molecule has 1 fully saturated rings. The maximum absolute atomic E-state index is 12.0. The lowest BCUT2D eigenvalue weighted by Crippen LogP contribution is -2.56. The quantitative estimate of drug-likeness (QED) is 0.815. The lowest BCUT2D eigenvalue weighted by atomic mass is 10.0. The molecule has 1 aromatic rings. The zero-order chi connectivity index (χ0) is 14.5. The molecule has 0 bridgehead atoms. The number of carbonyl (C=O) groups excluding carboxylic acids is 1. The van der Waals surface area contributed by atoms with Crippen molar-refractivity contribution in [3.8, 4) is 0 Å². The molecule has 1 heterocycles. The number of benzene rings is 1. The monoisotopic (exact) mass is 282 g/mol. The van der Waals surface area contributed by atoms with Gasteiger partial charge in [0, 0.05) is 14.2 Å². The van der Waals surface area contributed by atoms with Gasteiger partial charge in [0.05, 0.1) is 12.2 Å². The molecule has 20 heavy (non-hydrogen) atoms. The summed E-state index contributed by atoms with van der Waals surface area (Å²) in [5.41, 5.74) is 0.412. The number of esters is 1. The summed E-state index contributed by atoms with van der Waals surface area (Å²) in [6.07, 6.45) is -3.17. The highest BCUT2D eigenvalue weighted by molar-refractivity contribution is 5.89. The molecule has 4 atom stereocenters. The highest BCUT2D eigenvalue weighted by Gasteiger charge is 2.43. The minimum atomic E-state index is -0.959. The summed E-state index contributed by atoms with van der Waals surface area (Å²) in [6, 6.07) is 8.57. The van der Waals surface area contributed by atoms with Crippen LogP contribution in [0.1, 0.15) is 10.4 Å². The molecule has 1 aliphatic heterocycles. The molecule has 1 aromatic carbocycles. The Hall–Kier alpha value is -1.47. The third-order valence-corrected chi connectivity index (χ3v) is 3.16. The molecule has 0 saturated carbocycles. The average molecular weight is 282 g/mol. The first-order valence-corrected chi connectivity index (χ1v) is 6.28. The average Bonchev–Trinajstić information content (AvgIpc) is 2.49. The van der Waals surface area contributed by atoms with Crippen molar-refractivity contribution in [2.24, 2.45) is 0 Å². The Morgan fingerprint density at radius 3 is 2.50 bits per heavy atom. The number of methoxy groups -OCH3 is 2. The van der Waals surface area contributed by atoms with Gasteiger partial charge in [-0.15, -0.1) is 0 Å². The zero-order valence-electron chi connectivity index (χ0n) is 11.4. The lowest BCUT2D eigenvalue weighted by Gasteiger charge is -2.38. The number of rotatable bonds is 4. The predicted molar refractivity (Wildman–Crippen MR) is 69.2 cm³/mol. The van der Waals surface area contributed by atoms with E-state index < -0.39 is 30.6 Å². The van der Waals surface area contributed by atoms with Gasteiger partial charge in [0.15, 0.2) is 12.4 Å². The molecule has 0 radical (unpaired) electrons. The molecule has 110 valence electrons. The molecule has 0 unspecified atom stereocenters. The summed E-state index contributed by atoms with van der Waals surface area (Å²) in [5.74, 6) is -0.520. The van der Waals surface area contributed by atoms with Gasteiger partial charge in [0.1, 0.15) is 12.2 Å². The van der Waals surface area contributed by atoms with Crippen LogP contribution in [0, 0.1) is 0 Å². The summed E-state index contributed by atoms with van der Waals surface area (Å²) in [6.45, 7) is 0.0190. The van der Waals surface area contributed by atoms with Crippen LogP contribution in [0.2, 0.25) is 0 Å². The highest BCUT2D eigenvalue weighted by atomic mass is 16.7. The maximum Gasteiger partial charge on any atom is 0.338 e. The summed E-state index contributed by atoms with van der Waals surface area (Å²) in [7, 11) is 2.91. The Bertz CT molecular complexity index is 435. The Kier molecular flexibility index (Phi) is 5.08. The van der Waals surface area contributed by atoms with Crippen LogP contribution in [0.3, 0.4) is 0 Å². The van der Waals surface area contributed by atoms with Gasteiger partial charge >= 0.3 is 5.97 Å². The summed E-state index contributed by atoms with van der Waals surface area (Å²) >= 11 is 0. The largest absolute Gasteiger partial charge is 0.453 e. The second kappa shape index (κ2) is 6.81. The molecular formula is C14H18O6. The van der Waals surface area contributed by atoms with Crippen LogP contribution in [0.25, 0.3) is 0 Å². The summed E-state index contributed by atoms with van der Waals surface area (Å²) < 4.78 is 21.0. The van der Waals surface area contributed by atoms with Crippen LogP contribution in [-0.2, 0) is 18.9 Å². The number of hydrogen-bond donors (Lipinski definition) is 1. The molecule has 0 aromatic heterocycles. The van der Waals surface area contributed by atoms with E-state index >= 15 is 0 Å². The van der Waals surface area contributed by atoms with E-state index in [9.17, 15) is 9.90 Å². The SMILES string of the molecule is CO[C@H]1OC[C@@H](O)[C@H](OC(=O)c2ccccc2)[C@H]1OC. The first-order valence-electron chi connectivity index (χ1n) is 6.28. The minimum absolute atomic E-state index is 0.0190. The number of aliphatic hydroxyl groups excluding tert-OH is 1. The molecular weight excluding hydrogens is 264 g/mol. The van der Waals surface area contributed by atoms with Gasteiger partial charge in [-0.2, -0.15) is 0 Å². The van der Waals surface area contributed by atoms with Crippen LogP contribution < -0.4 is 0 Å². The van der Waals surface area contributed by atoms with Crippen molar-refractivity contribution in [2.75, 3.05) is 20.8 Å². The Morgan fingerprint density at radius 1 is 1.20 bits per heavy atom. The topological polar surface area (TPSA) is 74.2 Å². The van der Waals surface area contributed by atoms with Gasteiger partial charge in [-0.1, -0.05) is 18.2 Å². The van der Waals surface area contributed by atoms with Gasteiger partial charge in [-0.05, 0) is 12.1 Å². The van der Waals surface area contributed by atoms with E-state index in [1.165, 1.54) is 14.2 Å². The molecule has 0 amide bonds. The van der Waals surface area contributed by atoms with Crippen molar-refractivity contribution in [3.63, 3.8) is 0 Å². The van der Waals surface area contributed by atoms with Gasteiger partial charge in [0.2, 0.25) is 0 Å². The van der Waals surface area contributed by atoms with E-state index in [-0.39, 0.29) is 6.61 Å². The van der Waals surface area contributed by atoms with Crippen molar-refractivity contribution in [2.45, 2.75) is 24.6 Å². The van der Waals surface area contributed by atoms with Gasteiger partial charge in [-0.3, -0.25) is 0 Å². The fraction of sp³-hybridized carbons (Fsp3) is 0.500. The normalized spacial score (nSPS) is 29.9. The van der Waals surface area contributed by atoms with Crippen LogP contribution in [0.4, 0.5) is 0 Å². The second-order valence-corrected chi connectivity index (χ2v) is 4.44. The van der Waals surface area contributed by atoms with Crippen molar-refractivity contribution in [1.82, 2.24) is 0 Å². The molecule has 0 aliphatic carbocycles. The number of aliphatic hydroxyl groups is 1. The Labute approximate surface area is 117 Å². The van der Waals surface area contributed by atoms with E-state index in [1.54, 1.807) is 30.3 Å². The van der Waals surface area contributed by atoms with Crippen molar-refractivity contribution in [3.05, 3.63) is 35.9 Å². The smallest absolute Gasteiger partial charge is 0.338 e. The van der Waals surface area contributed by atoms with Crippen molar-refractivity contribution < 1.29 is 28.8 Å². The lowest BCUT2D eigenvalue weighted by molar-refractivity contribution is -0.267. The summed E-state index contributed by atoms with van der Waals surface area (Å²) in [4.78, 5) is 12.0. The van der Waals surface area contributed by atoms with E-state index in [0.29, 0.717) is 5.56 Å². The molecule has 1 N–H and O–H groups in total. The van der Waals surface area contributed by atoms with Gasteiger partial charge in [0.25, 0.3) is 0 Å². The van der Waals surface area contributed by atoms with E-state index in [0.717, 1.165) is 0 Å².